The molecule has 6 nitrogen and oxygen atoms in total. The van der Waals surface area contributed by atoms with E-state index >= 15 is 0 Å². The highest BCUT2D eigenvalue weighted by Crippen LogP contribution is 2.47. The summed E-state index contributed by atoms with van der Waals surface area (Å²) in [6.45, 7) is 2.50. The monoisotopic (exact) mass is 298 g/mol. The number of hydrogen-bond acceptors (Lipinski definition) is 3. The molecule has 0 radical (unpaired) electrons. The molecule has 0 spiro atoms. The molecule has 1 fully saturated rings. The summed E-state index contributed by atoms with van der Waals surface area (Å²) in [7, 11) is 0. The van der Waals surface area contributed by atoms with Gasteiger partial charge in [-0.1, -0.05) is 30.3 Å². The van der Waals surface area contributed by atoms with Crippen LogP contribution >= 0.6 is 0 Å². The number of nitrogens with one attached hydrogen (secondary N) is 1. The van der Waals surface area contributed by atoms with Crippen molar-refractivity contribution in [3.63, 3.8) is 0 Å². The van der Waals surface area contributed by atoms with Crippen LogP contribution in [0.4, 0.5) is 5.69 Å². The molecule has 1 aliphatic carbocycles. The van der Waals surface area contributed by atoms with E-state index in [0.717, 1.165) is 6.42 Å². The SMILES string of the molecule is CCn1cc(NC(=O)C2CC2c2ccccc2)c(C(N)=O)n1. The van der Waals surface area contributed by atoms with E-state index in [1.165, 1.54) is 5.56 Å². The third kappa shape index (κ3) is 2.72. The van der Waals surface area contributed by atoms with Crippen LogP contribution in [0.1, 0.15) is 35.3 Å². The van der Waals surface area contributed by atoms with E-state index in [-0.39, 0.29) is 23.4 Å². The van der Waals surface area contributed by atoms with E-state index in [1.807, 2.05) is 37.3 Å². The second-order valence-corrected chi connectivity index (χ2v) is 5.46. The molecule has 2 aromatic rings. The van der Waals surface area contributed by atoms with Crippen molar-refractivity contribution >= 4 is 17.5 Å². The maximum atomic E-state index is 12.3. The van der Waals surface area contributed by atoms with Gasteiger partial charge in [-0.2, -0.15) is 5.10 Å². The number of rotatable bonds is 5. The third-order valence-electron chi connectivity index (χ3n) is 3.93. The van der Waals surface area contributed by atoms with Gasteiger partial charge in [-0.25, -0.2) is 0 Å². The Labute approximate surface area is 128 Å². The Kier molecular flexibility index (Phi) is 3.66. The molecule has 22 heavy (non-hydrogen) atoms. The molecular formula is C16H18N4O2. The van der Waals surface area contributed by atoms with Crippen LogP contribution in [-0.4, -0.2) is 21.6 Å². The van der Waals surface area contributed by atoms with Gasteiger partial charge in [0.1, 0.15) is 0 Å². The lowest BCUT2D eigenvalue weighted by atomic mass is 10.1. The quantitative estimate of drug-likeness (QED) is 0.881. The molecule has 1 aliphatic rings. The van der Waals surface area contributed by atoms with E-state index in [1.54, 1.807) is 10.9 Å². The van der Waals surface area contributed by atoms with Gasteiger partial charge in [-0.3, -0.25) is 14.3 Å². The fraction of sp³-hybridized carbons (Fsp3) is 0.312. The first kappa shape index (κ1) is 14.3. The summed E-state index contributed by atoms with van der Waals surface area (Å²) in [5, 5.41) is 6.85. The largest absolute Gasteiger partial charge is 0.364 e. The first-order valence-corrected chi connectivity index (χ1v) is 7.33. The smallest absolute Gasteiger partial charge is 0.271 e. The van der Waals surface area contributed by atoms with Crippen molar-refractivity contribution in [1.82, 2.24) is 9.78 Å². The van der Waals surface area contributed by atoms with Crippen LogP contribution in [0.5, 0.6) is 0 Å². The summed E-state index contributed by atoms with van der Waals surface area (Å²) in [5.74, 6) is -0.544. The van der Waals surface area contributed by atoms with Crippen LogP contribution < -0.4 is 11.1 Å². The van der Waals surface area contributed by atoms with E-state index in [0.29, 0.717) is 12.2 Å². The molecule has 1 aromatic carbocycles. The predicted molar refractivity (Wildman–Crippen MR) is 82.3 cm³/mol. The second kappa shape index (κ2) is 5.63. The average molecular weight is 298 g/mol. The fourth-order valence-corrected chi connectivity index (χ4v) is 2.64. The number of amides is 2. The number of nitrogens with zero attached hydrogens (tertiary/aromatic N) is 2. The van der Waals surface area contributed by atoms with Gasteiger partial charge in [-0.15, -0.1) is 0 Å². The van der Waals surface area contributed by atoms with Crippen LogP contribution in [0.25, 0.3) is 0 Å². The van der Waals surface area contributed by atoms with E-state index in [2.05, 4.69) is 10.4 Å². The lowest BCUT2D eigenvalue weighted by molar-refractivity contribution is -0.117. The molecule has 1 aromatic heterocycles. The van der Waals surface area contributed by atoms with Crippen LogP contribution in [0.2, 0.25) is 0 Å². The number of anilines is 1. The minimum absolute atomic E-state index is 0.0619. The Hall–Kier alpha value is -2.63. The Morgan fingerprint density at radius 1 is 1.36 bits per heavy atom. The molecular weight excluding hydrogens is 280 g/mol. The van der Waals surface area contributed by atoms with Crippen LogP contribution in [0.3, 0.4) is 0 Å². The van der Waals surface area contributed by atoms with Gasteiger partial charge in [0.05, 0.1) is 5.69 Å². The van der Waals surface area contributed by atoms with E-state index < -0.39 is 5.91 Å². The summed E-state index contributed by atoms with van der Waals surface area (Å²) < 4.78 is 1.58. The zero-order valence-electron chi connectivity index (χ0n) is 12.3. The first-order chi connectivity index (χ1) is 10.6. The molecule has 1 heterocycles. The standard InChI is InChI=1S/C16H18N4O2/c1-2-20-9-13(14(19-20)15(17)21)18-16(22)12-8-11(12)10-6-4-3-5-7-10/h3-7,9,11-12H,2,8H2,1H3,(H2,17,21)(H,18,22). The highest BCUT2D eigenvalue weighted by Gasteiger charge is 2.44. The molecule has 114 valence electrons. The molecule has 2 atom stereocenters. The minimum Gasteiger partial charge on any atom is -0.364 e. The van der Waals surface area contributed by atoms with Crippen molar-refractivity contribution in [3.05, 3.63) is 47.8 Å². The van der Waals surface area contributed by atoms with Crippen molar-refractivity contribution in [3.8, 4) is 0 Å². The van der Waals surface area contributed by atoms with Crippen molar-refractivity contribution in [2.45, 2.75) is 25.8 Å². The number of aryl methyl sites for hydroxylation is 1. The summed E-state index contributed by atoms with van der Waals surface area (Å²) in [6, 6.07) is 9.96. The number of benzene rings is 1. The number of hydrogen-bond donors (Lipinski definition) is 2. The van der Waals surface area contributed by atoms with E-state index in [9.17, 15) is 9.59 Å². The maximum absolute atomic E-state index is 12.3. The second-order valence-electron chi connectivity index (χ2n) is 5.46. The highest BCUT2D eigenvalue weighted by atomic mass is 16.2. The van der Waals surface area contributed by atoms with Crippen LogP contribution in [0, 0.1) is 5.92 Å². The molecule has 0 bridgehead atoms. The van der Waals surface area contributed by atoms with Crippen LogP contribution in [0.15, 0.2) is 36.5 Å². The molecule has 0 saturated heterocycles. The lowest BCUT2D eigenvalue weighted by Gasteiger charge is -2.03. The number of primary amides is 1. The van der Waals surface area contributed by atoms with Gasteiger partial charge in [0, 0.05) is 18.7 Å². The number of nitrogens with two attached hydrogens (primary N) is 1. The van der Waals surface area contributed by atoms with Gasteiger partial charge >= 0.3 is 0 Å². The van der Waals surface area contributed by atoms with Crippen LogP contribution in [-0.2, 0) is 11.3 Å². The summed E-state index contributed by atoms with van der Waals surface area (Å²) in [5.41, 5.74) is 6.96. The van der Waals surface area contributed by atoms with Gasteiger partial charge in [0.25, 0.3) is 5.91 Å². The highest BCUT2D eigenvalue weighted by molar-refractivity contribution is 6.02. The molecule has 3 N–H and O–H groups in total. The van der Waals surface area contributed by atoms with Crippen molar-refractivity contribution < 1.29 is 9.59 Å². The minimum atomic E-state index is -0.641. The van der Waals surface area contributed by atoms with Crippen molar-refractivity contribution in [2.75, 3.05) is 5.32 Å². The normalized spacial score (nSPS) is 19.7. The number of carbonyl (C=O) groups excluding carboxylic acids is 2. The Balaban J connectivity index is 1.71. The van der Waals surface area contributed by atoms with Gasteiger partial charge in [0.2, 0.25) is 5.91 Å². The summed E-state index contributed by atoms with van der Waals surface area (Å²) >= 11 is 0. The topological polar surface area (TPSA) is 90.0 Å². The summed E-state index contributed by atoms with van der Waals surface area (Å²) in [6.07, 6.45) is 2.46. The predicted octanol–water partition coefficient (Wildman–Crippen LogP) is 1.74. The lowest BCUT2D eigenvalue weighted by Crippen LogP contribution is -2.19. The van der Waals surface area contributed by atoms with Gasteiger partial charge < -0.3 is 11.1 Å². The molecule has 2 unspecified atom stereocenters. The Bertz CT molecular complexity index is 708. The van der Waals surface area contributed by atoms with Crippen molar-refractivity contribution in [2.24, 2.45) is 11.7 Å². The molecule has 6 heteroatoms. The molecule has 2 amide bonds. The number of aromatic nitrogens is 2. The Morgan fingerprint density at radius 3 is 2.73 bits per heavy atom. The first-order valence-electron chi connectivity index (χ1n) is 7.33. The average Bonchev–Trinajstić information content (AvgIpc) is 3.22. The molecule has 0 aliphatic heterocycles. The molecule has 3 rings (SSSR count). The maximum Gasteiger partial charge on any atom is 0.271 e. The Morgan fingerprint density at radius 2 is 2.09 bits per heavy atom. The number of carbonyl (C=O) groups is 2. The molecule has 1 saturated carbocycles. The fourth-order valence-electron chi connectivity index (χ4n) is 2.64. The third-order valence-corrected chi connectivity index (χ3v) is 3.93. The van der Waals surface area contributed by atoms with Crippen molar-refractivity contribution in [1.29, 1.82) is 0 Å². The van der Waals surface area contributed by atoms with Gasteiger partial charge in [-0.05, 0) is 24.8 Å². The van der Waals surface area contributed by atoms with Gasteiger partial charge in [0.15, 0.2) is 5.69 Å². The zero-order valence-corrected chi connectivity index (χ0v) is 12.3. The summed E-state index contributed by atoms with van der Waals surface area (Å²) in [4.78, 5) is 23.7. The zero-order chi connectivity index (χ0) is 15.7. The van der Waals surface area contributed by atoms with E-state index in [4.69, 9.17) is 5.73 Å².